The maximum atomic E-state index is 13.2. The lowest BCUT2D eigenvalue weighted by molar-refractivity contribution is 0.171. The van der Waals surface area contributed by atoms with Crippen LogP contribution < -0.4 is 14.4 Å². The van der Waals surface area contributed by atoms with Crippen molar-refractivity contribution in [2.45, 2.75) is 11.8 Å². The topological polar surface area (TPSA) is 84.9 Å². The van der Waals surface area contributed by atoms with Crippen molar-refractivity contribution in [3.8, 4) is 11.5 Å². The molecule has 9 heteroatoms. The third kappa shape index (κ3) is 2.89. The van der Waals surface area contributed by atoms with Crippen LogP contribution in [0.3, 0.4) is 0 Å². The number of fused-ring (bicyclic) bond motifs is 2. The van der Waals surface area contributed by atoms with Gasteiger partial charge in [-0.2, -0.15) is 4.31 Å². The van der Waals surface area contributed by atoms with E-state index in [1.807, 2.05) is 13.1 Å². The highest BCUT2D eigenvalue weighted by Gasteiger charge is 2.45. The zero-order valence-electron chi connectivity index (χ0n) is 15.6. The molecule has 28 heavy (non-hydrogen) atoms. The van der Waals surface area contributed by atoms with E-state index in [4.69, 9.17) is 9.47 Å². The second kappa shape index (κ2) is 6.59. The summed E-state index contributed by atoms with van der Waals surface area (Å²) in [7, 11) is -3.55. The van der Waals surface area contributed by atoms with Gasteiger partial charge in [0.1, 0.15) is 25.4 Å². The lowest BCUT2D eigenvalue weighted by Crippen LogP contribution is -2.33. The van der Waals surface area contributed by atoms with Crippen LogP contribution in [-0.4, -0.2) is 62.1 Å². The normalized spacial score (nSPS) is 24.4. The van der Waals surface area contributed by atoms with Gasteiger partial charge in [-0.15, -0.1) is 0 Å². The minimum absolute atomic E-state index is 0.264. The molecule has 2 unspecified atom stereocenters. The Balaban J connectivity index is 1.33. The average molecular weight is 402 g/mol. The van der Waals surface area contributed by atoms with Crippen molar-refractivity contribution in [3.63, 3.8) is 0 Å². The van der Waals surface area contributed by atoms with E-state index in [9.17, 15) is 8.42 Å². The minimum atomic E-state index is -3.55. The van der Waals surface area contributed by atoms with Crippen LogP contribution in [0.2, 0.25) is 0 Å². The average Bonchev–Trinajstić information content (AvgIpc) is 3.27. The van der Waals surface area contributed by atoms with Crippen molar-refractivity contribution in [2.24, 2.45) is 11.8 Å². The Morgan fingerprint density at radius 2 is 1.75 bits per heavy atom. The van der Waals surface area contributed by atoms with E-state index >= 15 is 0 Å². The third-order valence-electron chi connectivity index (χ3n) is 5.77. The first kappa shape index (κ1) is 17.7. The lowest BCUT2D eigenvalue weighted by Gasteiger charge is -2.24. The molecule has 1 aromatic heterocycles. The first-order valence-corrected chi connectivity index (χ1v) is 10.9. The molecule has 3 aliphatic rings. The summed E-state index contributed by atoms with van der Waals surface area (Å²) in [4.78, 5) is 11.0. The molecule has 0 aliphatic carbocycles. The highest BCUT2D eigenvalue weighted by Crippen LogP contribution is 2.38. The Morgan fingerprint density at radius 3 is 2.46 bits per heavy atom. The number of aryl methyl sites for hydroxylation is 1. The van der Waals surface area contributed by atoms with Crippen LogP contribution in [0.1, 0.15) is 5.56 Å². The van der Waals surface area contributed by atoms with Crippen molar-refractivity contribution in [2.75, 3.05) is 44.3 Å². The fraction of sp³-hybridized carbons (Fsp3) is 0.474. The molecule has 1 aromatic carbocycles. The summed E-state index contributed by atoms with van der Waals surface area (Å²) < 4.78 is 38.9. The summed E-state index contributed by atoms with van der Waals surface area (Å²) in [5, 5.41) is 0. The van der Waals surface area contributed by atoms with E-state index < -0.39 is 10.0 Å². The number of hydrogen-bond donors (Lipinski definition) is 0. The molecule has 0 spiro atoms. The second-order valence-corrected chi connectivity index (χ2v) is 9.52. The first-order chi connectivity index (χ1) is 13.5. The number of rotatable bonds is 3. The van der Waals surface area contributed by atoms with Crippen LogP contribution in [-0.2, 0) is 10.0 Å². The van der Waals surface area contributed by atoms with E-state index in [0.29, 0.717) is 49.6 Å². The molecule has 8 nitrogen and oxygen atoms in total. The van der Waals surface area contributed by atoms with E-state index in [-0.39, 0.29) is 4.90 Å². The maximum Gasteiger partial charge on any atom is 0.243 e. The molecule has 2 saturated heterocycles. The number of hydrogen-bond acceptors (Lipinski definition) is 7. The molecule has 0 N–H and O–H groups in total. The van der Waals surface area contributed by atoms with Gasteiger partial charge in [0.15, 0.2) is 11.5 Å². The molecule has 0 radical (unpaired) electrons. The molecule has 148 valence electrons. The summed E-state index contributed by atoms with van der Waals surface area (Å²) in [5.74, 6) is 2.66. The van der Waals surface area contributed by atoms with Crippen molar-refractivity contribution in [3.05, 3.63) is 36.3 Å². The summed E-state index contributed by atoms with van der Waals surface area (Å²) in [6.45, 7) is 5.61. The Hall–Kier alpha value is -2.39. The maximum absolute atomic E-state index is 13.2. The summed E-state index contributed by atoms with van der Waals surface area (Å²) >= 11 is 0. The Bertz CT molecular complexity index is 999. The van der Waals surface area contributed by atoms with E-state index in [1.165, 1.54) is 0 Å². The SMILES string of the molecule is Cc1cncnc1N1CC2CN(S(=O)(=O)c3ccc4c(c3)OCCO4)CC2C1. The van der Waals surface area contributed by atoms with Gasteiger partial charge >= 0.3 is 0 Å². The van der Waals surface area contributed by atoms with Crippen LogP contribution >= 0.6 is 0 Å². The zero-order valence-corrected chi connectivity index (χ0v) is 16.4. The van der Waals surface area contributed by atoms with Gasteiger partial charge in [-0.25, -0.2) is 18.4 Å². The molecule has 4 heterocycles. The van der Waals surface area contributed by atoms with Gasteiger partial charge in [0.2, 0.25) is 10.0 Å². The van der Waals surface area contributed by atoms with Crippen LogP contribution in [0.5, 0.6) is 11.5 Å². The number of aromatic nitrogens is 2. The third-order valence-corrected chi connectivity index (χ3v) is 7.60. The fourth-order valence-corrected chi connectivity index (χ4v) is 5.95. The van der Waals surface area contributed by atoms with Crippen LogP contribution in [0.4, 0.5) is 5.82 Å². The van der Waals surface area contributed by atoms with E-state index in [1.54, 1.807) is 28.8 Å². The van der Waals surface area contributed by atoms with Crippen molar-refractivity contribution in [1.29, 1.82) is 0 Å². The molecule has 0 saturated carbocycles. The summed E-state index contributed by atoms with van der Waals surface area (Å²) in [6, 6.07) is 4.86. The largest absolute Gasteiger partial charge is 0.486 e. The van der Waals surface area contributed by atoms with E-state index in [2.05, 4.69) is 14.9 Å². The minimum Gasteiger partial charge on any atom is -0.486 e. The molecule has 3 aliphatic heterocycles. The Morgan fingerprint density at radius 1 is 1.04 bits per heavy atom. The molecular formula is C19H22N4O4S. The number of nitrogens with zero attached hydrogens (tertiary/aromatic N) is 4. The van der Waals surface area contributed by atoms with Gasteiger partial charge in [0, 0.05) is 44.0 Å². The highest BCUT2D eigenvalue weighted by molar-refractivity contribution is 7.89. The second-order valence-electron chi connectivity index (χ2n) is 7.58. The van der Waals surface area contributed by atoms with Gasteiger partial charge in [-0.1, -0.05) is 0 Å². The standard InChI is InChI=1S/C19H22N4O4S/c1-13-7-20-12-21-19(13)22-8-14-10-23(11-15(14)9-22)28(24,25)16-2-3-17-18(6-16)27-5-4-26-17/h2-3,6-7,12,14-15H,4-5,8-11H2,1H3. The van der Waals surface area contributed by atoms with Crippen molar-refractivity contribution >= 4 is 15.8 Å². The molecule has 2 aromatic rings. The van der Waals surface area contributed by atoms with Gasteiger partial charge < -0.3 is 14.4 Å². The Kier molecular flexibility index (Phi) is 4.17. The van der Waals surface area contributed by atoms with Gasteiger partial charge in [-0.05, 0) is 30.9 Å². The molecule has 2 fully saturated rings. The predicted octanol–water partition coefficient (Wildman–Crippen LogP) is 1.31. The molecule has 5 rings (SSSR count). The monoisotopic (exact) mass is 402 g/mol. The smallest absolute Gasteiger partial charge is 0.243 e. The fourth-order valence-electron chi connectivity index (χ4n) is 4.38. The molecule has 0 bridgehead atoms. The number of anilines is 1. The van der Waals surface area contributed by atoms with Crippen LogP contribution in [0.15, 0.2) is 35.6 Å². The van der Waals surface area contributed by atoms with Gasteiger partial charge in [0.25, 0.3) is 0 Å². The predicted molar refractivity (Wildman–Crippen MR) is 102 cm³/mol. The van der Waals surface area contributed by atoms with Gasteiger partial charge in [0.05, 0.1) is 4.90 Å². The van der Waals surface area contributed by atoms with E-state index in [0.717, 1.165) is 24.5 Å². The van der Waals surface area contributed by atoms with Gasteiger partial charge in [-0.3, -0.25) is 0 Å². The van der Waals surface area contributed by atoms with Crippen LogP contribution in [0, 0.1) is 18.8 Å². The van der Waals surface area contributed by atoms with Crippen molar-refractivity contribution in [1.82, 2.24) is 14.3 Å². The number of ether oxygens (including phenoxy) is 2. The molecule has 2 atom stereocenters. The highest BCUT2D eigenvalue weighted by atomic mass is 32.2. The summed E-state index contributed by atoms with van der Waals surface area (Å²) in [5.41, 5.74) is 1.04. The van der Waals surface area contributed by atoms with Crippen molar-refractivity contribution < 1.29 is 17.9 Å². The zero-order chi connectivity index (χ0) is 19.3. The quantitative estimate of drug-likeness (QED) is 0.765. The number of sulfonamides is 1. The molecular weight excluding hydrogens is 380 g/mol. The molecule has 0 amide bonds. The number of benzene rings is 1. The van der Waals surface area contributed by atoms with Crippen LogP contribution in [0.25, 0.3) is 0 Å². The Labute approximate surface area is 164 Å². The summed E-state index contributed by atoms with van der Waals surface area (Å²) in [6.07, 6.45) is 3.38. The first-order valence-electron chi connectivity index (χ1n) is 9.44. The lowest BCUT2D eigenvalue weighted by atomic mass is 10.0.